The second-order valence-electron chi connectivity index (χ2n) is 3.34. The summed E-state index contributed by atoms with van der Waals surface area (Å²) in [5, 5.41) is 8.91. The molecule has 1 aromatic rings. The van der Waals surface area contributed by atoms with E-state index in [1.54, 1.807) is 6.07 Å². The summed E-state index contributed by atoms with van der Waals surface area (Å²) < 4.78 is 0. The summed E-state index contributed by atoms with van der Waals surface area (Å²) in [7, 11) is 0. The van der Waals surface area contributed by atoms with Crippen molar-refractivity contribution in [1.82, 2.24) is 9.97 Å². The number of hydrogen-bond donors (Lipinski definition) is 2. The molecule has 1 unspecified atom stereocenters. The Morgan fingerprint density at radius 1 is 1.47 bits per heavy atom. The minimum Gasteiger partial charge on any atom is -0.480 e. The van der Waals surface area contributed by atoms with Crippen molar-refractivity contribution >= 4 is 11.9 Å². The van der Waals surface area contributed by atoms with Gasteiger partial charge in [0.2, 0.25) is 5.91 Å². The second kappa shape index (κ2) is 4.04. The maximum atomic E-state index is 11.1. The smallest absolute Gasteiger partial charge is 0.319 e. The van der Waals surface area contributed by atoms with E-state index in [0.717, 1.165) is 0 Å². The summed E-state index contributed by atoms with van der Waals surface area (Å²) in [6.45, 7) is 1.26. The van der Waals surface area contributed by atoms with Crippen LogP contribution in [0.25, 0.3) is 0 Å². The number of carbonyl (C=O) groups excluding carboxylic acids is 1. The molecule has 0 saturated heterocycles. The van der Waals surface area contributed by atoms with Gasteiger partial charge in [-0.2, -0.15) is 0 Å². The number of primary amides is 1. The van der Waals surface area contributed by atoms with Crippen LogP contribution in [0.3, 0.4) is 0 Å². The predicted octanol–water partition coefficient (Wildman–Crippen LogP) is -0.405. The standard InChI is InChI=1S/C9H11N3O3/c1-9(7(10)13,8(14)15)5-6-11-3-2-4-12-6/h2-4H,5H2,1H3,(H2,10,13)(H,14,15). The summed E-state index contributed by atoms with van der Waals surface area (Å²) in [5.74, 6) is -1.90. The van der Waals surface area contributed by atoms with Crippen molar-refractivity contribution in [1.29, 1.82) is 0 Å². The summed E-state index contributed by atoms with van der Waals surface area (Å²) >= 11 is 0. The Morgan fingerprint density at radius 3 is 2.40 bits per heavy atom. The van der Waals surface area contributed by atoms with Gasteiger partial charge in [-0.1, -0.05) is 0 Å². The van der Waals surface area contributed by atoms with Crippen molar-refractivity contribution in [2.45, 2.75) is 13.3 Å². The molecule has 1 aromatic heterocycles. The van der Waals surface area contributed by atoms with Crippen LogP contribution in [0.2, 0.25) is 0 Å². The van der Waals surface area contributed by atoms with Crippen molar-refractivity contribution in [2.24, 2.45) is 11.1 Å². The number of nitrogens with two attached hydrogens (primary N) is 1. The molecule has 1 heterocycles. The van der Waals surface area contributed by atoms with Gasteiger partial charge in [-0.05, 0) is 13.0 Å². The van der Waals surface area contributed by atoms with Gasteiger partial charge in [-0.3, -0.25) is 9.59 Å². The summed E-state index contributed by atoms with van der Waals surface area (Å²) in [6, 6.07) is 1.60. The molecule has 0 fully saturated rings. The van der Waals surface area contributed by atoms with E-state index in [2.05, 4.69) is 9.97 Å². The molecule has 6 heteroatoms. The maximum Gasteiger partial charge on any atom is 0.319 e. The molecule has 1 atom stereocenters. The van der Waals surface area contributed by atoms with E-state index in [0.29, 0.717) is 0 Å². The number of rotatable bonds is 4. The van der Waals surface area contributed by atoms with E-state index >= 15 is 0 Å². The van der Waals surface area contributed by atoms with Gasteiger partial charge in [-0.25, -0.2) is 9.97 Å². The quantitative estimate of drug-likeness (QED) is 0.656. The maximum absolute atomic E-state index is 11.1. The highest BCUT2D eigenvalue weighted by Gasteiger charge is 2.40. The highest BCUT2D eigenvalue weighted by Crippen LogP contribution is 2.20. The van der Waals surface area contributed by atoms with Crippen LogP contribution in [0.5, 0.6) is 0 Å². The highest BCUT2D eigenvalue weighted by molar-refractivity contribution is 6.00. The van der Waals surface area contributed by atoms with Crippen LogP contribution < -0.4 is 5.73 Å². The first-order chi connectivity index (χ1) is 6.97. The summed E-state index contributed by atoms with van der Waals surface area (Å²) in [4.78, 5) is 29.7. The van der Waals surface area contributed by atoms with E-state index in [1.807, 2.05) is 0 Å². The molecule has 0 aliphatic rings. The van der Waals surface area contributed by atoms with Crippen molar-refractivity contribution < 1.29 is 14.7 Å². The van der Waals surface area contributed by atoms with Crippen molar-refractivity contribution in [3.05, 3.63) is 24.3 Å². The zero-order valence-electron chi connectivity index (χ0n) is 8.17. The minimum absolute atomic E-state index is 0.113. The molecule has 80 valence electrons. The minimum atomic E-state index is -1.67. The molecule has 0 aromatic carbocycles. The number of aliphatic carboxylic acids is 1. The van der Waals surface area contributed by atoms with Crippen LogP contribution in [0.1, 0.15) is 12.7 Å². The third kappa shape index (κ3) is 2.28. The molecule has 0 aliphatic carbocycles. The molecular weight excluding hydrogens is 198 g/mol. The van der Waals surface area contributed by atoms with Gasteiger partial charge in [-0.15, -0.1) is 0 Å². The van der Waals surface area contributed by atoms with Crippen LogP contribution in [-0.2, 0) is 16.0 Å². The molecular formula is C9H11N3O3. The summed E-state index contributed by atoms with van der Waals surface area (Å²) in [5.41, 5.74) is 3.38. The van der Waals surface area contributed by atoms with Crippen molar-refractivity contribution in [2.75, 3.05) is 0 Å². The number of aromatic nitrogens is 2. The lowest BCUT2D eigenvalue weighted by Crippen LogP contribution is -2.43. The van der Waals surface area contributed by atoms with Crippen LogP contribution in [0.4, 0.5) is 0 Å². The van der Waals surface area contributed by atoms with Crippen molar-refractivity contribution in [3.8, 4) is 0 Å². The Labute approximate surface area is 86.2 Å². The molecule has 1 rings (SSSR count). The first kappa shape index (κ1) is 11.1. The van der Waals surface area contributed by atoms with Crippen LogP contribution in [-0.4, -0.2) is 27.0 Å². The van der Waals surface area contributed by atoms with Gasteiger partial charge in [0.15, 0.2) is 0 Å². The number of nitrogens with zero attached hydrogens (tertiary/aromatic N) is 2. The molecule has 0 bridgehead atoms. The first-order valence-electron chi connectivity index (χ1n) is 4.26. The van der Waals surface area contributed by atoms with Gasteiger partial charge >= 0.3 is 5.97 Å². The second-order valence-corrected chi connectivity index (χ2v) is 3.34. The third-order valence-corrected chi connectivity index (χ3v) is 2.15. The zero-order valence-corrected chi connectivity index (χ0v) is 8.17. The average Bonchev–Trinajstić information content (AvgIpc) is 2.18. The molecule has 0 aliphatic heterocycles. The van der Waals surface area contributed by atoms with Crippen LogP contribution in [0.15, 0.2) is 18.5 Å². The lowest BCUT2D eigenvalue weighted by Gasteiger charge is -2.19. The number of carboxylic acid groups (broad SMARTS) is 1. The van der Waals surface area contributed by atoms with Gasteiger partial charge in [0.25, 0.3) is 0 Å². The molecule has 1 amide bonds. The van der Waals surface area contributed by atoms with E-state index in [-0.39, 0.29) is 12.2 Å². The number of amides is 1. The fraction of sp³-hybridized carbons (Fsp3) is 0.333. The monoisotopic (exact) mass is 209 g/mol. The number of hydrogen-bond acceptors (Lipinski definition) is 4. The normalized spacial score (nSPS) is 14.2. The Morgan fingerprint density at radius 2 is 2.00 bits per heavy atom. The van der Waals surface area contributed by atoms with Gasteiger partial charge in [0, 0.05) is 18.8 Å². The molecule has 0 radical (unpaired) electrons. The van der Waals surface area contributed by atoms with E-state index in [4.69, 9.17) is 10.8 Å². The zero-order chi connectivity index (χ0) is 11.5. The van der Waals surface area contributed by atoms with Gasteiger partial charge in [0.1, 0.15) is 11.2 Å². The number of carboxylic acids is 1. The lowest BCUT2D eigenvalue weighted by atomic mass is 9.86. The fourth-order valence-corrected chi connectivity index (χ4v) is 1.01. The largest absolute Gasteiger partial charge is 0.480 e. The number of carbonyl (C=O) groups is 2. The molecule has 15 heavy (non-hydrogen) atoms. The van der Waals surface area contributed by atoms with E-state index < -0.39 is 17.3 Å². The Hall–Kier alpha value is -1.98. The Balaban J connectivity index is 2.95. The molecule has 0 saturated carbocycles. The Kier molecular flexibility index (Phi) is 2.99. The molecule has 6 nitrogen and oxygen atoms in total. The van der Waals surface area contributed by atoms with E-state index in [9.17, 15) is 9.59 Å². The fourth-order valence-electron chi connectivity index (χ4n) is 1.01. The predicted molar refractivity (Wildman–Crippen MR) is 50.7 cm³/mol. The van der Waals surface area contributed by atoms with Crippen molar-refractivity contribution in [3.63, 3.8) is 0 Å². The summed E-state index contributed by atoms with van der Waals surface area (Å²) in [6.07, 6.45) is 2.84. The van der Waals surface area contributed by atoms with Gasteiger partial charge in [0.05, 0.1) is 0 Å². The lowest BCUT2D eigenvalue weighted by molar-refractivity contribution is -0.153. The Bertz CT molecular complexity index is 363. The van der Waals surface area contributed by atoms with Crippen LogP contribution >= 0.6 is 0 Å². The SMILES string of the molecule is CC(Cc1ncccn1)(C(N)=O)C(=O)O. The molecule has 0 spiro atoms. The average molecular weight is 209 g/mol. The van der Waals surface area contributed by atoms with Crippen LogP contribution in [0, 0.1) is 5.41 Å². The topological polar surface area (TPSA) is 106 Å². The van der Waals surface area contributed by atoms with E-state index in [1.165, 1.54) is 19.3 Å². The van der Waals surface area contributed by atoms with Gasteiger partial charge < -0.3 is 10.8 Å². The highest BCUT2D eigenvalue weighted by atomic mass is 16.4. The first-order valence-corrected chi connectivity index (χ1v) is 4.26. The third-order valence-electron chi connectivity index (χ3n) is 2.15. The molecule has 3 N–H and O–H groups in total.